The Morgan fingerprint density at radius 1 is 1.23 bits per heavy atom. The Hall–Kier alpha value is -3.25. The van der Waals surface area contributed by atoms with Gasteiger partial charge in [-0.1, -0.05) is 24.3 Å². The van der Waals surface area contributed by atoms with Crippen LogP contribution in [0.15, 0.2) is 67.0 Å². The van der Waals surface area contributed by atoms with Crippen LogP contribution in [0.1, 0.15) is 34.0 Å². The van der Waals surface area contributed by atoms with Gasteiger partial charge in [-0.3, -0.25) is 9.78 Å². The summed E-state index contributed by atoms with van der Waals surface area (Å²) in [5.74, 6) is 0.314. The molecule has 0 aliphatic carbocycles. The number of aromatic nitrogens is 1. The first-order valence-corrected chi connectivity index (χ1v) is 10.3. The molecule has 0 bridgehead atoms. The van der Waals surface area contributed by atoms with E-state index in [0.29, 0.717) is 30.5 Å². The zero-order valence-corrected chi connectivity index (χ0v) is 17.4. The van der Waals surface area contributed by atoms with Crippen molar-refractivity contribution < 1.29 is 19.0 Å². The van der Waals surface area contributed by atoms with E-state index in [9.17, 15) is 14.3 Å². The summed E-state index contributed by atoms with van der Waals surface area (Å²) >= 11 is 0. The molecule has 6 heteroatoms. The first-order valence-electron chi connectivity index (χ1n) is 10.3. The summed E-state index contributed by atoms with van der Waals surface area (Å²) in [6.07, 6.45) is 4.42. The largest absolute Gasteiger partial charge is 0.487 e. The number of aliphatic hydroxyl groups excluding tert-OH is 1. The lowest BCUT2D eigenvalue weighted by molar-refractivity contribution is 0.0707. The van der Waals surface area contributed by atoms with E-state index in [-0.39, 0.29) is 24.9 Å². The summed E-state index contributed by atoms with van der Waals surface area (Å²) in [5, 5.41) is 9.44. The van der Waals surface area contributed by atoms with Crippen LogP contribution in [0.25, 0.3) is 0 Å². The molecule has 1 aliphatic rings. The number of pyridine rings is 1. The number of amides is 1. The Balaban J connectivity index is 1.52. The van der Waals surface area contributed by atoms with Gasteiger partial charge in [-0.15, -0.1) is 0 Å². The minimum Gasteiger partial charge on any atom is -0.487 e. The molecule has 3 aromatic rings. The maximum Gasteiger partial charge on any atom is 0.254 e. The highest BCUT2D eigenvalue weighted by atomic mass is 19.1. The second-order valence-corrected chi connectivity index (χ2v) is 8.13. The minimum atomic E-state index is -0.577. The molecule has 0 saturated heterocycles. The van der Waals surface area contributed by atoms with Crippen LogP contribution in [-0.2, 0) is 19.4 Å². The number of ether oxygens (including phenoxy) is 1. The molecule has 0 saturated carbocycles. The number of carbonyl (C=O) groups excluding carboxylic acids is 1. The second kappa shape index (κ2) is 8.86. The lowest BCUT2D eigenvalue weighted by atomic mass is 9.91. The molecule has 4 rings (SSSR count). The lowest BCUT2D eigenvalue weighted by Gasteiger charge is -2.24. The number of hydrogen-bond donors (Lipinski definition) is 1. The zero-order valence-electron chi connectivity index (χ0n) is 17.4. The maximum atomic E-state index is 14.1. The van der Waals surface area contributed by atoms with Crippen LogP contribution in [0.2, 0.25) is 0 Å². The molecule has 160 valence electrons. The predicted octanol–water partition coefficient (Wildman–Crippen LogP) is 3.79. The number of rotatable bonds is 7. The first kappa shape index (κ1) is 21.0. The van der Waals surface area contributed by atoms with Gasteiger partial charge in [-0.25, -0.2) is 4.39 Å². The number of halogens is 1. The molecule has 0 fully saturated rings. The van der Waals surface area contributed by atoms with Gasteiger partial charge in [0.2, 0.25) is 0 Å². The van der Waals surface area contributed by atoms with Crippen molar-refractivity contribution >= 4 is 5.91 Å². The van der Waals surface area contributed by atoms with Gasteiger partial charge in [0.25, 0.3) is 5.91 Å². The van der Waals surface area contributed by atoms with Gasteiger partial charge in [0.05, 0.1) is 6.61 Å². The van der Waals surface area contributed by atoms with E-state index in [1.54, 1.807) is 41.6 Å². The highest BCUT2D eigenvalue weighted by Gasteiger charge is 2.36. The molecule has 5 nitrogen and oxygen atoms in total. The molecule has 0 spiro atoms. The van der Waals surface area contributed by atoms with E-state index in [2.05, 4.69) is 4.98 Å². The van der Waals surface area contributed by atoms with Gasteiger partial charge in [0.1, 0.15) is 17.2 Å². The average molecular weight is 420 g/mol. The van der Waals surface area contributed by atoms with E-state index >= 15 is 0 Å². The molecular formula is C25H25FN2O3. The van der Waals surface area contributed by atoms with Crippen LogP contribution in [0.4, 0.5) is 4.39 Å². The molecule has 0 radical (unpaired) electrons. The van der Waals surface area contributed by atoms with Crippen molar-refractivity contribution in [2.45, 2.75) is 31.9 Å². The normalized spacial score (nSPS) is 17.1. The van der Waals surface area contributed by atoms with Crippen LogP contribution in [-0.4, -0.2) is 39.7 Å². The highest BCUT2D eigenvalue weighted by Crippen LogP contribution is 2.38. The van der Waals surface area contributed by atoms with E-state index < -0.39 is 5.60 Å². The molecule has 1 aliphatic heterocycles. The maximum absolute atomic E-state index is 14.1. The number of nitrogens with zero attached hydrogens (tertiary/aromatic N) is 2. The average Bonchev–Trinajstić information content (AvgIpc) is 3.10. The fourth-order valence-electron chi connectivity index (χ4n) is 4.07. The standard InChI is InChI=1S/C25H25FN2O3/c1-25(14-20-6-2-3-7-22(20)26)15-21-13-19(8-9-23(21)31-25)24(30)28(11-12-29)17-18-5-4-10-27-16-18/h2-10,13,16,29H,11-12,14-15,17H2,1H3/t25-/m0/s1. The first-order chi connectivity index (χ1) is 15.0. The SMILES string of the molecule is C[C@]1(Cc2ccccc2F)Cc2cc(C(=O)N(CCO)Cc3cccnc3)ccc2O1. The Bertz CT molecular complexity index is 1070. The zero-order chi connectivity index (χ0) is 21.8. The molecule has 2 heterocycles. The fourth-order valence-corrected chi connectivity index (χ4v) is 4.07. The van der Waals surface area contributed by atoms with Crippen LogP contribution in [0, 0.1) is 5.82 Å². The highest BCUT2D eigenvalue weighted by molar-refractivity contribution is 5.94. The second-order valence-electron chi connectivity index (χ2n) is 8.13. The third kappa shape index (κ3) is 4.75. The van der Waals surface area contributed by atoms with Crippen LogP contribution < -0.4 is 4.74 Å². The third-order valence-corrected chi connectivity index (χ3v) is 5.50. The molecule has 0 unspecified atom stereocenters. The lowest BCUT2D eigenvalue weighted by Crippen LogP contribution is -2.33. The summed E-state index contributed by atoms with van der Waals surface area (Å²) in [7, 11) is 0. The minimum absolute atomic E-state index is 0.124. The Kier molecular flexibility index (Phi) is 6.00. The summed E-state index contributed by atoms with van der Waals surface area (Å²) < 4.78 is 20.3. The third-order valence-electron chi connectivity index (χ3n) is 5.50. The number of aliphatic hydroxyl groups is 1. The molecule has 1 atom stereocenters. The Morgan fingerprint density at radius 2 is 2.06 bits per heavy atom. The number of hydrogen-bond acceptors (Lipinski definition) is 4. The summed E-state index contributed by atoms with van der Waals surface area (Å²) in [6.45, 7) is 2.43. The van der Waals surface area contributed by atoms with Crippen molar-refractivity contribution in [3.63, 3.8) is 0 Å². The van der Waals surface area contributed by atoms with E-state index in [4.69, 9.17) is 4.74 Å². The van der Waals surface area contributed by atoms with Crippen molar-refractivity contribution in [2.24, 2.45) is 0 Å². The Morgan fingerprint density at radius 3 is 2.81 bits per heavy atom. The van der Waals surface area contributed by atoms with Crippen LogP contribution in [0.5, 0.6) is 5.75 Å². The van der Waals surface area contributed by atoms with Gasteiger partial charge in [-0.2, -0.15) is 0 Å². The van der Waals surface area contributed by atoms with Gasteiger partial charge >= 0.3 is 0 Å². The van der Waals surface area contributed by atoms with E-state index in [0.717, 1.165) is 16.9 Å². The smallest absolute Gasteiger partial charge is 0.254 e. The molecule has 1 amide bonds. The van der Waals surface area contributed by atoms with Crippen molar-refractivity contribution in [1.29, 1.82) is 0 Å². The van der Waals surface area contributed by atoms with Crippen molar-refractivity contribution in [3.8, 4) is 5.75 Å². The quantitative estimate of drug-likeness (QED) is 0.632. The van der Waals surface area contributed by atoms with Gasteiger partial charge in [-0.05, 0) is 53.9 Å². The number of carbonyl (C=O) groups is 1. The summed E-state index contributed by atoms with van der Waals surface area (Å²) in [6, 6.07) is 15.8. The molecular weight excluding hydrogens is 395 g/mol. The van der Waals surface area contributed by atoms with Gasteiger partial charge in [0, 0.05) is 43.9 Å². The fraction of sp³-hybridized carbons (Fsp3) is 0.280. The van der Waals surface area contributed by atoms with Gasteiger partial charge in [0.15, 0.2) is 0 Å². The summed E-state index contributed by atoms with van der Waals surface area (Å²) in [5.41, 5.74) is 2.39. The summed E-state index contributed by atoms with van der Waals surface area (Å²) in [4.78, 5) is 18.8. The molecule has 1 aromatic heterocycles. The van der Waals surface area contributed by atoms with Crippen molar-refractivity contribution in [2.75, 3.05) is 13.2 Å². The monoisotopic (exact) mass is 420 g/mol. The number of fused-ring (bicyclic) bond motifs is 1. The Labute approximate surface area is 181 Å². The van der Waals surface area contributed by atoms with Crippen molar-refractivity contribution in [3.05, 3.63) is 95.1 Å². The molecule has 31 heavy (non-hydrogen) atoms. The van der Waals surface area contributed by atoms with E-state index in [1.165, 1.54) is 6.07 Å². The van der Waals surface area contributed by atoms with Crippen LogP contribution in [0.3, 0.4) is 0 Å². The molecule has 2 aromatic carbocycles. The molecule has 1 N–H and O–H groups in total. The van der Waals surface area contributed by atoms with Gasteiger partial charge < -0.3 is 14.7 Å². The van der Waals surface area contributed by atoms with E-state index in [1.807, 2.05) is 31.2 Å². The topological polar surface area (TPSA) is 62.7 Å². The van der Waals surface area contributed by atoms with Crippen LogP contribution >= 0.6 is 0 Å². The van der Waals surface area contributed by atoms with Crippen molar-refractivity contribution in [1.82, 2.24) is 9.88 Å². The number of benzene rings is 2. The predicted molar refractivity (Wildman–Crippen MR) is 115 cm³/mol.